The largest absolute Gasteiger partial charge is 0.508 e. The fourth-order valence-electron chi connectivity index (χ4n) is 1.61. The highest BCUT2D eigenvalue weighted by molar-refractivity contribution is 5.74. The third-order valence-corrected chi connectivity index (χ3v) is 2.61. The van der Waals surface area contributed by atoms with Crippen LogP contribution in [-0.4, -0.2) is 15.6 Å². The lowest BCUT2D eigenvalue weighted by Gasteiger charge is -2.12. The molecule has 0 saturated carbocycles. The normalized spacial score (nSPS) is 12.1. The molecule has 18 heavy (non-hydrogen) atoms. The van der Waals surface area contributed by atoms with Crippen molar-refractivity contribution in [2.24, 2.45) is 5.92 Å². The second-order valence-electron chi connectivity index (χ2n) is 4.20. The average molecular weight is 245 g/mol. The standard InChI is InChI=1S/C14H15NO3/c1-11(10-15-8-2-3-9-15)14(17)18-13-6-4-12(16)5-7-13/h2-9,11,16H,10H2,1H3. The van der Waals surface area contributed by atoms with Gasteiger partial charge >= 0.3 is 5.97 Å². The van der Waals surface area contributed by atoms with E-state index in [1.165, 1.54) is 12.1 Å². The summed E-state index contributed by atoms with van der Waals surface area (Å²) in [7, 11) is 0. The van der Waals surface area contributed by atoms with Gasteiger partial charge in [-0.25, -0.2) is 0 Å². The van der Waals surface area contributed by atoms with Gasteiger partial charge in [0.1, 0.15) is 11.5 Å². The maximum Gasteiger partial charge on any atom is 0.315 e. The summed E-state index contributed by atoms with van der Waals surface area (Å²) in [5.74, 6) is 0.0768. The molecule has 4 nitrogen and oxygen atoms in total. The number of esters is 1. The summed E-state index contributed by atoms with van der Waals surface area (Å²) < 4.78 is 7.15. The maximum atomic E-state index is 11.8. The van der Waals surface area contributed by atoms with Crippen LogP contribution in [0.2, 0.25) is 0 Å². The highest BCUT2D eigenvalue weighted by atomic mass is 16.5. The molecular weight excluding hydrogens is 230 g/mol. The molecule has 0 radical (unpaired) electrons. The lowest BCUT2D eigenvalue weighted by molar-refractivity contribution is -0.138. The van der Waals surface area contributed by atoms with Crippen LogP contribution >= 0.6 is 0 Å². The summed E-state index contributed by atoms with van der Waals surface area (Å²) in [6, 6.07) is 9.93. The molecule has 1 unspecified atom stereocenters. The van der Waals surface area contributed by atoms with E-state index in [1.807, 2.05) is 36.0 Å². The SMILES string of the molecule is CC(Cn1cccc1)C(=O)Oc1ccc(O)cc1. The minimum atomic E-state index is -0.283. The van der Waals surface area contributed by atoms with Gasteiger partial charge in [-0.05, 0) is 36.4 Å². The highest BCUT2D eigenvalue weighted by Gasteiger charge is 2.15. The lowest BCUT2D eigenvalue weighted by Crippen LogP contribution is -2.21. The number of phenols is 1. The van der Waals surface area contributed by atoms with E-state index in [4.69, 9.17) is 9.84 Å². The van der Waals surface area contributed by atoms with E-state index >= 15 is 0 Å². The predicted molar refractivity (Wildman–Crippen MR) is 67.3 cm³/mol. The van der Waals surface area contributed by atoms with Crippen molar-refractivity contribution in [2.45, 2.75) is 13.5 Å². The topological polar surface area (TPSA) is 51.5 Å². The number of carbonyl (C=O) groups is 1. The van der Waals surface area contributed by atoms with Gasteiger partial charge in [0.2, 0.25) is 0 Å². The van der Waals surface area contributed by atoms with Crippen LogP contribution in [0.1, 0.15) is 6.92 Å². The van der Waals surface area contributed by atoms with E-state index < -0.39 is 0 Å². The van der Waals surface area contributed by atoms with Gasteiger partial charge < -0.3 is 14.4 Å². The Balaban J connectivity index is 1.93. The van der Waals surface area contributed by atoms with Gasteiger partial charge in [-0.15, -0.1) is 0 Å². The number of hydrogen-bond donors (Lipinski definition) is 1. The van der Waals surface area contributed by atoms with Crippen LogP contribution in [0.3, 0.4) is 0 Å². The fraction of sp³-hybridized carbons (Fsp3) is 0.214. The Morgan fingerprint density at radius 3 is 2.50 bits per heavy atom. The summed E-state index contributed by atoms with van der Waals surface area (Å²) in [6.45, 7) is 2.41. The minimum absolute atomic E-state index is 0.148. The smallest absolute Gasteiger partial charge is 0.315 e. The summed E-state index contributed by atoms with van der Waals surface area (Å²) >= 11 is 0. The maximum absolute atomic E-state index is 11.8. The number of nitrogens with zero attached hydrogens (tertiary/aromatic N) is 1. The van der Waals surface area contributed by atoms with Crippen molar-refractivity contribution < 1.29 is 14.6 Å². The summed E-state index contributed by atoms with van der Waals surface area (Å²) in [5, 5.41) is 9.13. The van der Waals surface area contributed by atoms with Gasteiger partial charge in [-0.1, -0.05) is 6.92 Å². The molecule has 2 rings (SSSR count). The van der Waals surface area contributed by atoms with Gasteiger partial charge in [0.15, 0.2) is 0 Å². The molecule has 0 aliphatic rings. The first-order valence-corrected chi connectivity index (χ1v) is 5.76. The van der Waals surface area contributed by atoms with Crippen LogP contribution < -0.4 is 4.74 Å². The highest BCUT2D eigenvalue weighted by Crippen LogP contribution is 2.17. The number of aromatic nitrogens is 1. The number of benzene rings is 1. The Labute approximate surface area is 105 Å². The van der Waals surface area contributed by atoms with Crippen molar-refractivity contribution in [3.63, 3.8) is 0 Å². The molecule has 1 aromatic carbocycles. The molecule has 94 valence electrons. The molecule has 0 amide bonds. The van der Waals surface area contributed by atoms with Crippen LogP contribution in [0.15, 0.2) is 48.8 Å². The van der Waals surface area contributed by atoms with E-state index in [0.717, 1.165) is 0 Å². The quantitative estimate of drug-likeness (QED) is 0.665. The number of phenolic OH excluding ortho intramolecular Hbond substituents is 1. The van der Waals surface area contributed by atoms with Crippen LogP contribution in [0.25, 0.3) is 0 Å². The number of rotatable bonds is 4. The first-order chi connectivity index (χ1) is 8.65. The molecular formula is C14H15NO3. The molecule has 0 bridgehead atoms. The average Bonchev–Trinajstić information content (AvgIpc) is 2.85. The Morgan fingerprint density at radius 1 is 1.28 bits per heavy atom. The molecule has 1 heterocycles. The first-order valence-electron chi connectivity index (χ1n) is 5.76. The van der Waals surface area contributed by atoms with Gasteiger partial charge in [-0.3, -0.25) is 4.79 Å². The number of ether oxygens (including phenoxy) is 1. The molecule has 4 heteroatoms. The number of aromatic hydroxyl groups is 1. The molecule has 1 atom stereocenters. The van der Waals surface area contributed by atoms with Gasteiger partial charge in [-0.2, -0.15) is 0 Å². The van der Waals surface area contributed by atoms with Gasteiger partial charge in [0, 0.05) is 18.9 Å². The van der Waals surface area contributed by atoms with E-state index in [0.29, 0.717) is 12.3 Å². The van der Waals surface area contributed by atoms with Crippen molar-refractivity contribution in [2.75, 3.05) is 0 Å². The van der Waals surface area contributed by atoms with Crippen molar-refractivity contribution in [3.8, 4) is 11.5 Å². The fourth-order valence-corrected chi connectivity index (χ4v) is 1.61. The van der Waals surface area contributed by atoms with Crippen molar-refractivity contribution >= 4 is 5.97 Å². The van der Waals surface area contributed by atoms with Crippen LogP contribution in [0.4, 0.5) is 0 Å². The molecule has 0 fully saturated rings. The summed E-state index contributed by atoms with van der Waals surface area (Å²) in [5.41, 5.74) is 0. The predicted octanol–water partition coefficient (Wildman–Crippen LogP) is 2.44. The van der Waals surface area contributed by atoms with Crippen molar-refractivity contribution in [1.82, 2.24) is 4.57 Å². The van der Waals surface area contributed by atoms with Crippen molar-refractivity contribution in [1.29, 1.82) is 0 Å². The van der Waals surface area contributed by atoms with Crippen molar-refractivity contribution in [3.05, 3.63) is 48.8 Å². The van der Waals surface area contributed by atoms with Crippen LogP contribution in [0.5, 0.6) is 11.5 Å². The number of carbonyl (C=O) groups excluding carboxylic acids is 1. The Morgan fingerprint density at radius 2 is 1.89 bits per heavy atom. The second-order valence-corrected chi connectivity index (χ2v) is 4.20. The minimum Gasteiger partial charge on any atom is -0.508 e. The van der Waals surface area contributed by atoms with E-state index in [9.17, 15) is 4.79 Å². The Kier molecular flexibility index (Phi) is 3.67. The molecule has 2 aromatic rings. The second kappa shape index (κ2) is 5.40. The third kappa shape index (κ3) is 3.13. The van der Waals surface area contributed by atoms with Gasteiger partial charge in [0.05, 0.1) is 5.92 Å². The molecule has 0 spiro atoms. The van der Waals surface area contributed by atoms with Crippen LogP contribution in [0, 0.1) is 5.92 Å². The van der Waals surface area contributed by atoms with Crippen LogP contribution in [-0.2, 0) is 11.3 Å². The molecule has 1 aromatic heterocycles. The zero-order chi connectivity index (χ0) is 13.0. The lowest BCUT2D eigenvalue weighted by atomic mass is 10.2. The summed E-state index contributed by atoms with van der Waals surface area (Å²) in [4.78, 5) is 11.8. The van der Waals surface area contributed by atoms with Gasteiger partial charge in [0.25, 0.3) is 0 Å². The Bertz CT molecular complexity index is 502. The molecule has 0 saturated heterocycles. The molecule has 0 aliphatic carbocycles. The first kappa shape index (κ1) is 12.2. The zero-order valence-electron chi connectivity index (χ0n) is 10.1. The van der Waals surface area contributed by atoms with E-state index in [1.54, 1.807) is 12.1 Å². The zero-order valence-corrected chi connectivity index (χ0v) is 10.1. The molecule has 1 N–H and O–H groups in total. The monoisotopic (exact) mass is 245 g/mol. The Hall–Kier alpha value is -2.23. The molecule has 0 aliphatic heterocycles. The van der Waals surface area contributed by atoms with E-state index in [2.05, 4.69) is 0 Å². The van der Waals surface area contributed by atoms with E-state index in [-0.39, 0.29) is 17.6 Å². The number of hydrogen-bond acceptors (Lipinski definition) is 3. The third-order valence-electron chi connectivity index (χ3n) is 2.61. The summed E-state index contributed by atoms with van der Waals surface area (Å²) in [6.07, 6.45) is 3.81.